The van der Waals surface area contributed by atoms with Crippen LogP contribution in [0.2, 0.25) is 0 Å². The summed E-state index contributed by atoms with van der Waals surface area (Å²) in [5.41, 5.74) is 6.98. The second-order valence-electron chi connectivity index (χ2n) is 6.41. The number of rotatable bonds is 8. The van der Waals surface area contributed by atoms with Crippen LogP contribution in [0.4, 0.5) is 0 Å². The highest BCUT2D eigenvalue weighted by Gasteiger charge is 2.19. The lowest BCUT2D eigenvalue weighted by Gasteiger charge is -2.11. The van der Waals surface area contributed by atoms with Crippen molar-refractivity contribution in [1.29, 1.82) is 0 Å². The first-order valence-corrected chi connectivity index (χ1v) is 10.1. The van der Waals surface area contributed by atoms with Crippen LogP contribution in [-0.4, -0.2) is 54.9 Å². The predicted octanol–water partition coefficient (Wildman–Crippen LogP) is 1.12. The summed E-state index contributed by atoms with van der Waals surface area (Å²) in [5.74, 6) is 0.686. The van der Waals surface area contributed by atoms with Crippen LogP contribution < -0.4 is 11.1 Å². The van der Waals surface area contributed by atoms with Crippen LogP contribution in [0.3, 0.4) is 0 Å². The molecule has 0 spiro atoms. The first kappa shape index (κ1) is 23.4. The van der Waals surface area contributed by atoms with Gasteiger partial charge < -0.3 is 15.6 Å². The van der Waals surface area contributed by atoms with Crippen molar-refractivity contribution in [2.24, 2.45) is 5.73 Å². The molecule has 0 aliphatic rings. The van der Waals surface area contributed by atoms with Crippen molar-refractivity contribution in [2.75, 3.05) is 20.6 Å². The number of imidazole rings is 1. The molecule has 1 atom stereocenters. The Morgan fingerprint density at radius 3 is 2.59 bits per heavy atom. The van der Waals surface area contributed by atoms with Gasteiger partial charge in [0.05, 0.1) is 15.9 Å². The molecule has 0 bridgehead atoms. The van der Waals surface area contributed by atoms with Crippen molar-refractivity contribution in [3.05, 3.63) is 24.0 Å². The van der Waals surface area contributed by atoms with Gasteiger partial charge >= 0.3 is 0 Å². The number of amides is 1. The van der Waals surface area contributed by atoms with E-state index in [9.17, 15) is 13.2 Å². The molecule has 27 heavy (non-hydrogen) atoms. The maximum absolute atomic E-state index is 12.3. The molecule has 0 unspecified atom stereocenters. The quantitative estimate of drug-likeness (QED) is 0.668. The molecule has 1 aromatic carbocycles. The molecule has 3 N–H and O–H groups in total. The molecular formula is C17H28ClN5O3S. The fourth-order valence-electron chi connectivity index (χ4n) is 2.71. The van der Waals surface area contributed by atoms with E-state index in [1.54, 1.807) is 18.2 Å². The molecule has 0 saturated heterocycles. The topological polar surface area (TPSA) is 110 Å². The number of aromatic nitrogens is 2. The third-order valence-corrected chi connectivity index (χ3v) is 6.04. The number of benzene rings is 1. The Bertz CT molecular complexity index is 895. The van der Waals surface area contributed by atoms with Crippen LogP contribution in [-0.2, 0) is 27.8 Å². The third-order valence-electron chi connectivity index (χ3n) is 4.23. The van der Waals surface area contributed by atoms with Crippen LogP contribution in [0.5, 0.6) is 0 Å². The lowest BCUT2D eigenvalue weighted by atomic mass is 10.2. The molecule has 0 fully saturated rings. The van der Waals surface area contributed by atoms with Crippen molar-refractivity contribution < 1.29 is 13.2 Å². The highest BCUT2D eigenvalue weighted by Crippen LogP contribution is 2.22. The second kappa shape index (κ2) is 9.50. The van der Waals surface area contributed by atoms with E-state index in [0.717, 1.165) is 11.3 Å². The van der Waals surface area contributed by atoms with E-state index in [0.29, 0.717) is 31.4 Å². The highest BCUT2D eigenvalue weighted by atomic mass is 35.5. The summed E-state index contributed by atoms with van der Waals surface area (Å²) in [5, 5.41) is 2.83. The molecule has 1 amide bonds. The number of aryl methyl sites for hydroxylation is 2. The maximum atomic E-state index is 12.3. The zero-order valence-corrected chi connectivity index (χ0v) is 17.7. The summed E-state index contributed by atoms with van der Waals surface area (Å²) in [6, 6.07) is 4.87. The number of nitrogens with one attached hydrogen (secondary N) is 1. The number of hydrogen-bond acceptors (Lipinski definition) is 5. The normalized spacial score (nSPS) is 12.8. The zero-order chi connectivity index (χ0) is 19.5. The first-order chi connectivity index (χ1) is 12.2. The average Bonchev–Trinajstić information content (AvgIpc) is 2.96. The highest BCUT2D eigenvalue weighted by molar-refractivity contribution is 7.89. The molecule has 1 heterocycles. The van der Waals surface area contributed by atoms with Crippen LogP contribution in [0, 0.1) is 0 Å². The van der Waals surface area contributed by atoms with Gasteiger partial charge in [-0.3, -0.25) is 4.79 Å². The van der Waals surface area contributed by atoms with Crippen LogP contribution in [0.15, 0.2) is 23.1 Å². The van der Waals surface area contributed by atoms with Gasteiger partial charge in [-0.15, -0.1) is 12.4 Å². The Labute approximate surface area is 166 Å². The van der Waals surface area contributed by atoms with Crippen molar-refractivity contribution in [3.8, 4) is 0 Å². The Balaban J connectivity index is 0.00000364. The van der Waals surface area contributed by atoms with Gasteiger partial charge in [0.2, 0.25) is 15.9 Å². The van der Waals surface area contributed by atoms with E-state index in [1.165, 1.54) is 18.4 Å². The van der Waals surface area contributed by atoms with Crippen molar-refractivity contribution >= 4 is 39.4 Å². The second-order valence-corrected chi connectivity index (χ2v) is 8.57. The minimum atomic E-state index is -3.51. The number of hydrogen-bond donors (Lipinski definition) is 2. The van der Waals surface area contributed by atoms with Crippen LogP contribution in [0.25, 0.3) is 11.0 Å². The molecule has 0 saturated carbocycles. The summed E-state index contributed by atoms with van der Waals surface area (Å²) in [4.78, 5) is 16.7. The van der Waals surface area contributed by atoms with Gasteiger partial charge in [0.15, 0.2) is 0 Å². The monoisotopic (exact) mass is 417 g/mol. The van der Waals surface area contributed by atoms with Gasteiger partial charge in [0.1, 0.15) is 5.82 Å². The van der Waals surface area contributed by atoms with E-state index >= 15 is 0 Å². The van der Waals surface area contributed by atoms with Gasteiger partial charge in [-0.25, -0.2) is 17.7 Å². The number of carbonyl (C=O) groups excluding carboxylic acids is 1. The van der Waals surface area contributed by atoms with Crippen LogP contribution in [0.1, 0.15) is 26.1 Å². The van der Waals surface area contributed by atoms with E-state index in [-0.39, 0.29) is 29.3 Å². The minimum absolute atomic E-state index is 0. The van der Waals surface area contributed by atoms with E-state index in [4.69, 9.17) is 5.73 Å². The van der Waals surface area contributed by atoms with Crippen molar-refractivity contribution in [3.63, 3.8) is 0 Å². The van der Waals surface area contributed by atoms with E-state index in [2.05, 4.69) is 10.3 Å². The number of carbonyl (C=O) groups is 1. The number of nitrogens with two attached hydrogens (primary N) is 1. The lowest BCUT2D eigenvalue weighted by molar-refractivity contribution is -0.121. The standard InChI is InChI=1S/C17H27N5O3S.ClH/c1-5-22-15-7-6-13(26(24,25)21(3)4)10-14(15)20-16(22)8-9-17(23)19-12(2)11-18;/h6-7,10,12H,5,8-9,11,18H2,1-4H3,(H,19,23);1H/t12-;/m0./s1. The molecule has 0 aliphatic heterocycles. The van der Waals surface area contributed by atoms with Gasteiger partial charge in [-0.2, -0.15) is 0 Å². The van der Waals surface area contributed by atoms with Crippen molar-refractivity contribution in [2.45, 2.75) is 44.2 Å². The summed E-state index contributed by atoms with van der Waals surface area (Å²) in [6.07, 6.45) is 0.776. The molecule has 0 aliphatic carbocycles. The largest absolute Gasteiger partial charge is 0.352 e. The van der Waals surface area contributed by atoms with Crippen molar-refractivity contribution in [1.82, 2.24) is 19.2 Å². The number of nitrogens with zero attached hydrogens (tertiary/aromatic N) is 3. The Morgan fingerprint density at radius 1 is 1.37 bits per heavy atom. The average molecular weight is 418 g/mol. The van der Waals surface area contributed by atoms with Gasteiger partial charge in [0.25, 0.3) is 0 Å². The molecular weight excluding hydrogens is 390 g/mol. The molecule has 2 aromatic rings. The summed E-state index contributed by atoms with van der Waals surface area (Å²) < 4.78 is 27.8. The Kier molecular flexibility index (Phi) is 8.22. The number of fused-ring (bicyclic) bond motifs is 1. The summed E-state index contributed by atoms with van der Waals surface area (Å²) >= 11 is 0. The minimum Gasteiger partial charge on any atom is -0.352 e. The number of halogens is 1. The molecule has 10 heteroatoms. The SMILES string of the molecule is CCn1c(CCC(=O)N[C@@H](C)CN)nc2cc(S(=O)(=O)N(C)C)ccc21.Cl. The fourth-order valence-corrected chi connectivity index (χ4v) is 3.63. The van der Waals surface area contributed by atoms with E-state index < -0.39 is 10.0 Å². The lowest BCUT2D eigenvalue weighted by Crippen LogP contribution is -2.37. The first-order valence-electron chi connectivity index (χ1n) is 8.61. The molecule has 152 valence electrons. The third kappa shape index (κ3) is 5.19. The van der Waals surface area contributed by atoms with Crippen LogP contribution >= 0.6 is 12.4 Å². The maximum Gasteiger partial charge on any atom is 0.242 e. The summed E-state index contributed by atoms with van der Waals surface area (Å²) in [7, 11) is -0.520. The Hall–Kier alpha value is -1.68. The van der Waals surface area contributed by atoms with Gasteiger partial charge in [-0.1, -0.05) is 0 Å². The van der Waals surface area contributed by atoms with E-state index in [1.807, 2.05) is 18.4 Å². The molecule has 0 radical (unpaired) electrons. The van der Waals surface area contributed by atoms with Gasteiger partial charge in [0, 0.05) is 46.1 Å². The molecule has 1 aromatic heterocycles. The molecule has 8 nitrogen and oxygen atoms in total. The smallest absolute Gasteiger partial charge is 0.242 e. The van der Waals surface area contributed by atoms with Gasteiger partial charge in [-0.05, 0) is 32.0 Å². The molecule has 2 rings (SSSR count). The Morgan fingerprint density at radius 2 is 2.04 bits per heavy atom. The number of sulfonamides is 1. The summed E-state index contributed by atoms with van der Waals surface area (Å²) in [6.45, 7) is 4.92. The predicted molar refractivity (Wildman–Crippen MR) is 109 cm³/mol. The zero-order valence-electron chi connectivity index (χ0n) is 16.1. The fraction of sp³-hybridized carbons (Fsp3) is 0.529.